The molecule has 9 nitrogen and oxygen atoms in total. The van der Waals surface area contributed by atoms with Crippen molar-refractivity contribution in [1.29, 1.82) is 0 Å². The zero-order valence-electron chi connectivity index (χ0n) is 13.7. The Morgan fingerprint density at radius 2 is 2.00 bits per heavy atom. The predicted octanol–water partition coefficient (Wildman–Crippen LogP) is 2.98. The van der Waals surface area contributed by atoms with E-state index in [1.54, 1.807) is 19.0 Å². The van der Waals surface area contributed by atoms with Crippen LogP contribution < -0.4 is 5.32 Å². The van der Waals surface area contributed by atoms with Crippen molar-refractivity contribution < 1.29 is 9.85 Å². The average Bonchev–Trinajstić information content (AvgIpc) is 2.51. The Morgan fingerprint density at radius 1 is 1.33 bits per heavy atom. The first-order chi connectivity index (χ1) is 11.3. The number of nitrogens with zero attached hydrogens (tertiary/aromatic N) is 4. The molecule has 0 aliphatic heterocycles. The van der Waals surface area contributed by atoms with Crippen LogP contribution in [0.15, 0.2) is 17.1 Å². The van der Waals surface area contributed by atoms with Gasteiger partial charge < -0.3 is 10.2 Å². The number of thiocarbonyl (C=S) groups is 1. The van der Waals surface area contributed by atoms with Gasteiger partial charge in [-0.25, -0.2) is 4.99 Å². The van der Waals surface area contributed by atoms with Crippen molar-refractivity contribution in [3.05, 3.63) is 37.9 Å². The van der Waals surface area contributed by atoms with E-state index in [2.05, 4.69) is 10.3 Å². The van der Waals surface area contributed by atoms with Gasteiger partial charge in [0.15, 0.2) is 0 Å². The van der Waals surface area contributed by atoms with Crippen molar-refractivity contribution in [3.8, 4) is 0 Å². The van der Waals surface area contributed by atoms with Crippen molar-refractivity contribution in [2.45, 2.75) is 19.8 Å². The molecule has 0 fully saturated rings. The second kappa shape index (κ2) is 8.87. The number of aliphatic imine (C=N–C) groups is 1. The molecule has 0 spiro atoms. The van der Waals surface area contributed by atoms with Crippen LogP contribution in [0.2, 0.25) is 0 Å². The monoisotopic (exact) mass is 353 g/mol. The maximum atomic E-state index is 11.4. The molecule has 0 saturated carbocycles. The van der Waals surface area contributed by atoms with Gasteiger partial charge in [0.05, 0.1) is 21.9 Å². The van der Waals surface area contributed by atoms with Crippen LogP contribution in [-0.4, -0.2) is 46.7 Å². The molecule has 0 unspecified atom stereocenters. The Balaban J connectivity index is 3.49. The lowest BCUT2D eigenvalue weighted by Gasteiger charge is -2.12. The summed E-state index contributed by atoms with van der Waals surface area (Å²) in [4.78, 5) is 26.5. The van der Waals surface area contributed by atoms with E-state index in [1.165, 1.54) is 12.4 Å². The van der Waals surface area contributed by atoms with Crippen LogP contribution >= 0.6 is 12.2 Å². The van der Waals surface area contributed by atoms with Crippen LogP contribution in [0.3, 0.4) is 0 Å². The number of hydrogen-bond acceptors (Lipinski definition) is 6. The van der Waals surface area contributed by atoms with Gasteiger partial charge in [-0.2, -0.15) is 0 Å². The van der Waals surface area contributed by atoms with E-state index >= 15 is 0 Å². The summed E-state index contributed by atoms with van der Waals surface area (Å²) >= 11 is 5.17. The molecule has 1 aromatic rings. The molecule has 0 amide bonds. The summed E-state index contributed by atoms with van der Waals surface area (Å²) in [6.07, 6.45) is 3.17. The largest absolute Gasteiger partial charge is 0.384 e. The number of benzene rings is 1. The van der Waals surface area contributed by atoms with E-state index in [4.69, 9.17) is 12.2 Å². The highest BCUT2D eigenvalue weighted by Crippen LogP contribution is 2.36. The van der Waals surface area contributed by atoms with Gasteiger partial charge >= 0.3 is 11.4 Å². The van der Waals surface area contributed by atoms with Crippen LogP contribution in [0, 0.1) is 20.2 Å². The lowest BCUT2D eigenvalue weighted by Crippen LogP contribution is -2.13. The first-order valence-electron chi connectivity index (χ1n) is 7.24. The van der Waals surface area contributed by atoms with Crippen molar-refractivity contribution >= 4 is 40.6 Å². The first kappa shape index (κ1) is 19.4. The molecule has 0 saturated heterocycles. The highest BCUT2D eigenvalue weighted by Gasteiger charge is 2.32. The number of nitro benzene ring substituents is 2. The summed E-state index contributed by atoms with van der Waals surface area (Å²) in [6, 6.07) is 2.53. The molecule has 0 heterocycles. The summed E-state index contributed by atoms with van der Waals surface area (Å²) < 4.78 is 0. The molecule has 0 aliphatic carbocycles. The molecule has 0 atom stereocenters. The summed E-state index contributed by atoms with van der Waals surface area (Å²) in [6.45, 7) is 2.57. The Bertz CT molecular complexity index is 675. The summed E-state index contributed by atoms with van der Waals surface area (Å²) in [7, 11) is 3.43. The second-order valence-electron chi connectivity index (χ2n) is 5.16. The van der Waals surface area contributed by atoms with E-state index in [-0.39, 0.29) is 10.6 Å². The van der Waals surface area contributed by atoms with Crippen molar-refractivity contribution in [1.82, 2.24) is 4.90 Å². The van der Waals surface area contributed by atoms with E-state index in [0.717, 1.165) is 18.9 Å². The van der Waals surface area contributed by atoms with Crippen LogP contribution in [0.1, 0.15) is 25.3 Å². The van der Waals surface area contributed by atoms with Gasteiger partial charge in [0.25, 0.3) is 0 Å². The molecular weight excluding hydrogens is 334 g/mol. The zero-order chi connectivity index (χ0) is 18.3. The summed E-state index contributed by atoms with van der Waals surface area (Å²) in [5.74, 6) is 0. The van der Waals surface area contributed by atoms with Gasteiger partial charge in [-0.05, 0) is 12.5 Å². The van der Waals surface area contributed by atoms with Crippen LogP contribution in [-0.2, 0) is 0 Å². The van der Waals surface area contributed by atoms with Crippen LogP contribution in [0.5, 0.6) is 0 Å². The molecule has 0 aliphatic rings. The smallest absolute Gasteiger partial charge is 0.358 e. The Kier molecular flexibility index (Phi) is 7.18. The molecule has 0 aromatic heterocycles. The van der Waals surface area contributed by atoms with Gasteiger partial charge in [0.1, 0.15) is 10.6 Å². The number of unbranched alkanes of at least 4 members (excludes halogenated alkanes) is 1. The number of rotatable bonds is 8. The standard InChI is InChI=1S/C14H19N5O4S/c1-4-5-8-15-10-6-7-11(18(20)21)13(19(22)23)12(10)14(24)16-9-17(2)3/h6-7,9,15H,4-5,8H2,1-3H3. The predicted molar refractivity (Wildman–Crippen MR) is 97.0 cm³/mol. The number of nitro groups is 2. The third kappa shape index (κ3) is 4.95. The minimum atomic E-state index is -0.796. The van der Waals surface area contributed by atoms with Gasteiger partial charge in [0, 0.05) is 26.7 Å². The van der Waals surface area contributed by atoms with E-state index in [9.17, 15) is 20.2 Å². The third-order valence-electron chi connectivity index (χ3n) is 3.00. The normalized spacial score (nSPS) is 10.6. The fourth-order valence-electron chi connectivity index (χ4n) is 1.91. The second-order valence-corrected chi connectivity index (χ2v) is 5.55. The lowest BCUT2D eigenvalue weighted by molar-refractivity contribution is -0.422. The Hall–Kier alpha value is -2.62. The van der Waals surface area contributed by atoms with Gasteiger partial charge in [0.2, 0.25) is 0 Å². The SMILES string of the molecule is CCCCNc1ccc([N+](=O)[O-])c([N+](=O)[O-])c1C(=S)N=CN(C)C. The van der Waals surface area contributed by atoms with E-state index < -0.39 is 21.2 Å². The van der Waals surface area contributed by atoms with E-state index in [0.29, 0.717) is 12.2 Å². The average molecular weight is 353 g/mol. The van der Waals surface area contributed by atoms with Gasteiger partial charge in [-0.1, -0.05) is 25.6 Å². The van der Waals surface area contributed by atoms with Gasteiger partial charge in [-0.3, -0.25) is 20.2 Å². The minimum absolute atomic E-state index is 0.0431. The quantitative estimate of drug-likeness (QED) is 0.191. The van der Waals surface area contributed by atoms with Crippen molar-refractivity contribution in [3.63, 3.8) is 0 Å². The molecule has 130 valence electrons. The minimum Gasteiger partial charge on any atom is -0.384 e. The fraction of sp³-hybridized carbons (Fsp3) is 0.429. The molecule has 1 aromatic carbocycles. The highest BCUT2D eigenvalue weighted by molar-refractivity contribution is 7.80. The molecule has 1 rings (SSSR count). The third-order valence-corrected chi connectivity index (χ3v) is 3.31. The topological polar surface area (TPSA) is 114 Å². The summed E-state index contributed by atoms with van der Waals surface area (Å²) in [5, 5.41) is 25.6. The Labute approximate surface area is 144 Å². The molecule has 10 heteroatoms. The maximum Gasteiger partial charge on any atom is 0.358 e. The maximum absolute atomic E-state index is 11.4. The first-order valence-corrected chi connectivity index (χ1v) is 7.65. The molecule has 0 radical (unpaired) electrons. The molecule has 0 bridgehead atoms. The highest BCUT2D eigenvalue weighted by atomic mass is 32.1. The van der Waals surface area contributed by atoms with Crippen molar-refractivity contribution in [2.24, 2.45) is 4.99 Å². The van der Waals surface area contributed by atoms with Crippen molar-refractivity contribution in [2.75, 3.05) is 26.0 Å². The number of hydrogen-bond donors (Lipinski definition) is 1. The zero-order valence-corrected chi connectivity index (χ0v) is 14.5. The summed E-state index contributed by atoms with van der Waals surface area (Å²) in [5.41, 5.74) is -0.944. The lowest BCUT2D eigenvalue weighted by atomic mass is 10.1. The fourth-order valence-corrected chi connectivity index (χ4v) is 2.16. The number of anilines is 1. The van der Waals surface area contributed by atoms with E-state index in [1.807, 2.05) is 6.92 Å². The van der Waals surface area contributed by atoms with Gasteiger partial charge in [-0.15, -0.1) is 0 Å². The number of nitrogens with one attached hydrogen (secondary N) is 1. The Morgan fingerprint density at radius 3 is 2.50 bits per heavy atom. The molecular formula is C14H19N5O4S. The van der Waals surface area contributed by atoms with Crippen LogP contribution in [0.25, 0.3) is 0 Å². The van der Waals surface area contributed by atoms with Crippen LogP contribution in [0.4, 0.5) is 17.1 Å². The molecule has 24 heavy (non-hydrogen) atoms. The molecule has 1 N–H and O–H groups in total.